The fraction of sp³-hybridized carbons (Fsp3) is 0.100. The Bertz CT molecular complexity index is 843. The number of aryl methyl sites for hydroxylation is 1. The molecule has 4 nitrogen and oxygen atoms in total. The molecule has 24 heavy (non-hydrogen) atoms. The van der Waals surface area contributed by atoms with Gasteiger partial charge in [0.05, 0.1) is 5.56 Å². The molecule has 120 valence electrons. The van der Waals surface area contributed by atoms with Crippen molar-refractivity contribution in [2.24, 2.45) is 0 Å². The highest BCUT2D eigenvalue weighted by molar-refractivity contribution is 6.04. The highest BCUT2D eigenvalue weighted by Gasteiger charge is 2.06. The van der Waals surface area contributed by atoms with Crippen LogP contribution < -0.4 is 10.6 Å². The molecule has 1 heterocycles. The van der Waals surface area contributed by atoms with Gasteiger partial charge in [-0.1, -0.05) is 12.1 Å². The lowest BCUT2D eigenvalue weighted by Gasteiger charge is -2.12. The molecule has 2 N–H and O–H groups in total. The summed E-state index contributed by atoms with van der Waals surface area (Å²) in [5.41, 5.74) is 5.82. The number of pyridine rings is 1. The van der Waals surface area contributed by atoms with Gasteiger partial charge in [0.25, 0.3) is 5.91 Å². The molecule has 4 heteroatoms. The zero-order valence-corrected chi connectivity index (χ0v) is 13.7. The summed E-state index contributed by atoms with van der Waals surface area (Å²) in [5, 5.41) is 6.27. The molecule has 1 aromatic heterocycles. The van der Waals surface area contributed by atoms with Crippen LogP contribution in [0.5, 0.6) is 0 Å². The van der Waals surface area contributed by atoms with Crippen LogP contribution in [-0.2, 0) is 0 Å². The summed E-state index contributed by atoms with van der Waals surface area (Å²) in [5.74, 6) is -0.168. The molecule has 0 aliphatic heterocycles. The van der Waals surface area contributed by atoms with E-state index in [-0.39, 0.29) is 5.91 Å². The van der Waals surface area contributed by atoms with E-state index >= 15 is 0 Å². The third-order valence-corrected chi connectivity index (χ3v) is 3.95. The molecule has 0 radical (unpaired) electrons. The summed E-state index contributed by atoms with van der Waals surface area (Å²) >= 11 is 0. The smallest absolute Gasteiger partial charge is 0.257 e. The van der Waals surface area contributed by atoms with Crippen LogP contribution in [-0.4, -0.2) is 10.9 Å². The van der Waals surface area contributed by atoms with Crippen LogP contribution in [0, 0.1) is 13.8 Å². The van der Waals surface area contributed by atoms with Crippen molar-refractivity contribution < 1.29 is 4.79 Å². The lowest BCUT2D eigenvalue weighted by Crippen LogP contribution is -2.11. The predicted octanol–water partition coefficient (Wildman–Crippen LogP) is 4.69. The van der Waals surface area contributed by atoms with Crippen molar-refractivity contribution in [1.29, 1.82) is 0 Å². The van der Waals surface area contributed by atoms with Crippen molar-refractivity contribution in [3.05, 3.63) is 83.7 Å². The molecule has 0 unspecified atom stereocenters. The molecule has 0 atom stereocenters. The summed E-state index contributed by atoms with van der Waals surface area (Å²) in [6.45, 7) is 4.19. The highest BCUT2D eigenvalue weighted by Crippen LogP contribution is 2.23. The van der Waals surface area contributed by atoms with Gasteiger partial charge in [0.1, 0.15) is 0 Å². The lowest BCUT2D eigenvalue weighted by atomic mass is 10.1. The maximum Gasteiger partial charge on any atom is 0.257 e. The van der Waals surface area contributed by atoms with Gasteiger partial charge >= 0.3 is 0 Å². The maximum atomic E-state index is 12.1. The molecule has 0 aliphatic carbocycles. The second-order valence-corrected chi connectivity index (χ2v) is 5.65. The van der Waals surface area contributed by atoms with Crippen molar-refractivity contribution in [2.45, 2.75) is 13.8 Å². The van der Waals surface area contributed by atoms with Gasteiger partial charge in [0, 0.05) is 29.5 Å². The summed E-state index contributed by atoms with van der Waals surface area (Å²) < 4.78 is 0. The monoisotopic (exact) mass is 317 g/mol. The molecule has 0 fully saturated rings. The number of hydrogen-bond acceptors (Lipinski definition) is 3. The molecule has 0 aliphatic rings. The molecule has 0 bridgehead atoms. The van der Waals surface area contributed by atoms with E-state index < -0.39 is 0 Å². The fourth-order valence-electron chi connectivity index (χ4n) is 2.38. The van der Waals surface area contributed by atoms with Crippen LogP contribution in [0.15, 0.2) is 67.0 Å². The third kappa shape index (κ3) is 3.60. The van der Waals surface area contributed by atoms with Crippen LogP contribution in [0.3, 0.4) is 0 Å². The largest absolute Gasteiger partial charge is 0.355 e. The van der Waals surface area contributed by atoms with Crippen molar-refractivity contribution in [1.82, 2.24) is 4.98 Å². The van der Waals surface area contributed by atoms with Gasteiger partial charge in [-0.15, -0.1) is 0 Å². The number of benzene rings is 2. The Morgan fingerprint density at radius 3 is 2.38 bits per heavy atom. The SMILES string of the molecule is Cc1cccc(Nc2ccc(NC(=O)c3cccnc3)cc2)c1C. The third-order valence-electron chi connectivity index (χ3n) is 3.95. The van der Waals surface area contributed by atoms with E-state index in [2.05, 4.69) is 41.6 Å². The Morgan fingerprint density at radius 2 is 1.67 bits per heavy atom. The minimum absolute atomic E-state index is 0.168. The summed E-state index contributed by atoms with van der Waals surface area (Å²) in [6.07, 6.45) is 3.19. The Balaban J connectivity index is 1.69. The molecule has 0 spiro atoms. The van der Waals surface area contributed by atoms with Gasteiger partial charge in [-0.2, -0.15) is 0 Å². The minimum atomic E-state index is -0.168. The number of anilines is 3. The molecule has 3 aromatic rings. The van der Waals surface area contributed by atoms with Crippen molar-refractivity contribution in [3.8, 4) is 0 Å². The van der Waals surface area contributed by atoms with Crippen LogP contribution in [0.4, 0.5) is 17.1 Å². The average Bonchev–Trinajstić information content (AvgIpc) is 2.61. The van der Waals surface area contributed by atoms with Crippen LogP contribution in [0.1, 0.15) is 21.5 Å². The first-order chi connectivity index (χ1) is 11.6. The Morgan fingerprint density at radius 1 is 0.917 bits per heavy atom. The van der Waals surface area contributed by atoms with Crippen LogP contribution >= 0.6 is 0 Å². The Labute approximate surface area is 141 Å². The second kappa shape index (κ2) is 6.96. The van der Waals surface area contributed by atoms with Gasteiger partial charge in [-0.05, 0) is 67.4 Å². The van der Waals surface area contributed by atoms with Gasteiger partial charge in [-0.3, -0.25) is 9.78 Å². The van der Waals surface area contributed by atoms with E-state index in [1.54, 1.807) is 24.5 Å². The summed E-state index contributed by atoms with van der Waals surface area (Å²) in [6, 6.07) is 17.3. The number of carbonyl (C=O) groups excluding carboxylic acids is 1. The van der Waals surface area contributed by atoms with Gasteiger partial charge in [0.15, 0.2) is 0 Å². The summed E-state index contributed by atoms with van der Waals surface area (Å²) in [7, 11) is 0. The second-order valence-electron chi connectivity index (χ2n) is 5.65. The van der Waals surface area contributed by atoms with Crippen molar-refractivity contribution >= 4 is 23.0 Å². The van der Waals surface area contributed by atoms with Gasteiger partial charge < -0.3 is 10.6 Å². The van der Waals surface area contributed by atoms with E-state index in [0.717, 1.165) is 17.1 Å². The molecule has 0 saturated heterocycles. The minimum Gasteiger partial charge on any atom is -0.355 e. The zero-order chi connectivity index (χ0) is 16.9. The van der Waals surface area contributed by atoms with E-state index in [1.807, 2.05) is 30.3 Å². The maximum absolute atomic E-state index is 12.1. The van der Waals surface area contributed by atoms with E-state index in [0.29, 0.717) is 5.56 Å². The number of carbonyl (C=O) groups is 1. The average molecular weight is 317 g/mol. The first kappa shape index (κ1) is 15.7. The first-order valence-corrected chi connectivity index (χ1v) is 7.78. The molecule has 3 rings (SSSR count). The van der Waals surface area contributed by atoms with Gasteiger partial charge in [-0.25, -0.2) is 0 Å². The molecule has 0 saturated carbocycles. The van der Waals surface area contributed by atoms with E-state index in [1.165, 1.54) is 11.1 Å². The molecule has 2 aromatic carbocycles. The van der Waals surface area contributed by atoms with Crippen molar-refractivity contribution in [2.75, 3.05) is 10.6 Å². The zero-order valence-electron chi connectivity index (χ0n) is 13.7. The topological polar surface area (TPSA) is 54.0 Å². The van der Waals surface area contributed by atoms with E-state index in [4.69, 9.17) is 0 Å². The molecule has 1 amide bonds. The quantitative estimate of drug-likeness (QED) is 0.733. The van der Waals surface area contributed by atoms with Crippen molar-refractivity contribution in [3.63, 3.8) is 0 Å². The number of nitrogens with one attached hydrogen (secondary N) is 2. The lowest BCUT2D eigenvalue weighted by molar-refractivity contribution is 0.102. The number of hydrogen-bond donors (Lipinski definition) is 2. The van der Waals surface area contributed by atoms with Crippen LogP contribution in [0.25, 0.3) is 0 Å². The van der Waals surface area contributed by atoms with E-state index in [9.17, 15) is 4.79 Å². The highest BCUT2D eigenvalue weighted by atomic mass is 16.1. The number of aromatic nitrogens is 1. The fourth-order valence-corrected chi connectivity index (χ4v) is 2.38. The molecular weight excluding hydrogens is 298 g/mol. The predicted molar refractivity (Wildman–Crippen MR) is 97.8 cm³/mol. The standard InChI is InChI=1S/C20H19N3O/c1-14-5-3-7-19(15(14)2)22-17-8-10-18(11-9-17)23-20(24)16-6-4-12-21-13-16/h3-13,22H,1-2H3,(H,23,24). The number of rotatable bonds is 4. The van der Waals surface area contributed by atoms with Crippen LogP contribution in [0.2, 0.25) is 0 Å². The normalized spacial score (nSPS) is 10.2. The summed E-state index contributed by atoms with van der Waals surface area (Å²) in [4.78, 5) is 16.1. The Kier molecular flexibility index (Phi) is 4.57. The molecular formula is C20H19N3O. The number of nitrogens with zero attached hydrogens (tertiary/aromatic N) is 1. The first-order valence-electron chi connectivity index (χ1n) is 7.78. The van der Waals surface area contributed by atoms with Gasteiger partial charge in [0.2, 0.25) is 0 Å². The number of amides is 1. The Hall–Kier alpha value is -3.14.